The monoisotopic (exact) mass is 304 g/mol. The zero-order valence-electron chi connectivity index (χ0n) is 10.4. The minimum atomic E-state index is -0.0526. The van der Waals surface area contributed by atoms with E-state index in [2.05, 4.69) is 46.3 Å². The molecule has 0 aliphatic heterocycles. The second kappa shape index (κ2) is 3.04. The van der Waals surface area contributed by atoms with Gasteiger partial charge in [0.1, 0.15) is 5.60 Å². The number of ether oxygens (including phenoxy) is 1. The molecule has 6 rings (SSSR count). The number of methoxy groups -OCH3 is 1. The topological polar surface area (TPSA) is 9.23 Å². The summed E-state index contributed by atoms with van der Waals surface area (Å²) in [6.07, 6.45) is 1.48. The van der Waals surface area contributed by atoms with E-state index >= 15 is 0 Å². The number of benzene rings is 1. The highest BCUT2D eigenvalue weighted by atomic mass is 79.9. The third kappa shape index (κ3) is 0.857. The molecule has 6 unspecified atom stereocenters. The van der Waals surface area contributed by atoms with Crippen molar-refractivity contribution >= 4 is 15.9 Å². The van der Waals surface area contributed by atoms with Crippen molar-refractivity contribution in [3.8, 4) is 0 Å². The molecule has 1 aromatic rings. The lowest BCUT2D eigenvalue weighted by molar-refractivity contribution is -0.0600. The molecular formula is C16H17BrO. The standard InChI is InChI=1S/C16H17BrO/c1-18-16(8-5-3-2-4-6-8)14-10-7-9-11(12(9)14)13(10)15(16)17/h2-6,9-15H,7H2,1H3/t9?,10?,11?,12?,13?,14?,15-,16+/m0/s1. The largest absolute Gasteiger partial charge is 0.372 e. The molecule has 0 saturated heterocycles. The molecule has 0 N–H and O–H groups in total. The molecule has 1 nitrogen and oxygen atoms in total. The van der Waals surface area contributed by atoms with Crippen LogP contribution in [0.15, 0.2) is 30.3 Å². The Bertz CT molecular complexity index is 515. The van der Waals surface area contributed by atoms with Gasteiger partial charge in [0.25, 0.3) is 0 Å². The van der Waals surface area contributed by atoms with Crippen LogP contribution in [0.4, 0.5) is 0 Å². The normalized spacial score (nSPS) is 58.2. The molecule has 1 aromatic carbocycles. The smallest absolute Gasteiger partial charge is 0.109 e. The maximum atomic E-state index is 6.18. The van der Waals surface area contributed by atoms with Crippen LogP contribution in [0, 0.1) is 35.5 Å². The third-order valence-corrected chi connectivity index (χ3v) is 7.75. The van der Waals surface area contributed by atoms with Crippen LogP contribution in [0.2, 0.25) is 0 Å². The first kappa shape index (κ1) is 10.4. The van der Waals surface area contributed by atoms with E-state index in [1.165, 1.54) is 12.0 Å². The summed E-state index contributed by atoms with van der Waals surface area (Å²) in [5, 5.41) is 0. The predicted molar refractivity (Wildman–Crippen MR) is 73.4 cm³/mol. The molecule has 8 atom stereocenters. The lowest BCUT2D eigenvalue weighted by Gasteiger charge is -2.40. The van der Waals surface area contributed by atoms with Crippen molar-refractivity contribution in [2.24, 2.45) is 35.5 Å². The molecule has 0 amide bonds. The number of hydrogen-bond donors (Lipinski definition) is 0. The molecule has 0 aromatic heterocycles. The van der Waals surface area contributed by atoms with E-state index in [1.54, 1.807) is 0 Å². The van der Waals surface area contributed by atoms with Crippen molar-refractivity contribution in [1.29, 1.82) is 0 Å². The first-order valence-corrected chi connectivity index (χ1v) is 7.97. The molecule has 2 heteroatoms. The van der Waals surface area contributed by atoms with Gasteiger partial charge in [0.15, 0.2) is 0 Å². The highest BCUT2D eigenvalue weighted by Crippen LogP contribution is 2.85. The van der Waals surface area contributed by atoms with E-state index < -0.39 is 0 Å². The average Bonchev–Trinajstić information content (AvgIpc) is 2.78. The maximum absolute atomic E-state index is 6.18. The molecule has 18 heavy (non-hydrogen) atoms. The zero-order chi connectivity index (χ0) is 12.1. The Hall–Kier alpha value is -0.340. The number of halogens is 1. The van der Waals surface area contributed by atoms with Gasteiger partial charge in [-0.3, -0.25) is 0 Å². The fraction of sp³-hybridized carbons (Fsp3) is 0.625. The Kier molecular flexibility index (Phi) is 1.76. The summed E-state index contributed by atoms with van der Waals surface area (Å²) < 4.78 is 6.18. The van der Waals surface area contributed by atoms with Crippen LogP contribution in [-0.2, 0) is 10.3 Å². The molecule has 0 heterocycles. The van der Waals surface area contributed by atoms with E-state index in [0.29, 0.717) is 4.83 Å². The third-order valence-electron chi connectivity index (χ3n) is 6.46. The molecular weight excluding hydrogens is 288 g/mol. The fourth-order valence-electron chi connectivity index (χ4n) is 6.12. The van der Waals surface area contributed by atoms with Crippen LogP contribution < -0.4 is 0 Å². The summed E-state index contributed by atoms with van der Waals surface area (Å²) in [6.45, 7) is 0. The lowest BCUT2D eigenvalue weighted by atomic mass is 9.78. The maximum Gasteiger partial charge on any atom is 0.109 e. The van der Waals surface area contributed by atoms with Crippen molar-refractivity contribution in [3.63, 3.8) is 0 Å². The van der Waals surface area contributed by atoms with E-state index in [9.17, 15) is 0 Å². The summed E-state index contributed by atoms with van der Waals surface area (Å²) in [7, 11) is 1.91. The summed E-state index contributed by atoms with van der Waals surface area (Å²) >= 11 is 4.03. The average molecular weight is 305 g/mol. The van der Waals surface area contributed by atoms with Gasteiger partial charge in [-0.2, -0.15) is 0 Å². The molecule has 6 bridgehead atoms. The second-order valence-electron chi connectivity index (χ2n) is 6.59. The molecule has 0 radical (unpaired) electrons. The van der Waals surface area contributed by atoms with E-state index in [4.69, 9.17) is 4.74 Å². The van der Waals surface area contributed by atoms with Crippen molar-refractivity contribution in [3.05, 3.63) is 35.9 Å². The Balaban J connectivity index is 1.70. The highest BCUT2D eigenvalue weighted by Gasteiger charge is 2.84. The van der Waals surface area contributed by atoms with Crippen molar-refractivity contribution < 1.29 is 4.74 Å². The molecule has 5 aliphatic carbocycles. The van der Waals surface area contributed by atoms with E-state index in [-0.39, 0.29) is 5.60 Å². The van der Waals surface area contributed by atoms with Gasteiger partial charge < -0.3 is 4.74 Å². The van der Waals surface area contributed by atoms with Crippen LogP contribution in [0.1, 0.15) is 12.0 Å². The van der Waals surface area contributed by atoms with Gasteiger partial charge >= 0.3 is 0 Å². The molecule has 0 spiro atoms. The van der Waals surface area contributed by atoms with Gasteiger partial charge in [0.2, 0.25) is 0 Å². The van der Waals surface area contributed by atoms with Crippen molar-refractivity contribution in [1.82, 2.24) is 0 Å². The van der Waals surface area contributed by atoms with Crippen LogP contribution in [0.5, 0.6) is 0 Å². The summed E-state index contributed by atoms with van der Waals surface area (Å²) in [6, 6.07) is 10.9. The van der Waals surface area contributed by atoms with E-state index in [1.807, 2.05) is 7.11 Å². The van der Waals surface area contributed by atoms with Crippen molar-refractivity contribution in [2.75, 3.05) is 7.11 Å². The fourth-order valence-corrected chi connectivity index (χ4v) is 7.62. The molecule has 5 fully saturated rings. The summed E-state index contributed by atoms with van der Waals surface area (Å²) in [5.74, 6) is 5.64. The van der Waals surface area contributed by atoms with Crippen LogP contribution >= 0.6 is 15.9 Å². The predicted octanol–water partition coefficient (Wildman–Crippen LogP) is 3.43. The van der Waals surface area contributed by atoms with Gasteiger partial charge in [-0.15, -0.1) is 0 Å². The Morgan fingerprint density at radius 1 is 1.11 bits per heavy atom. The zero-order valence-corrected chi connectivity index (χ0v) is 12.0. The minimum absolute atomic E-state index is 0.0526. The Morgan fingerprint density at radius 2 is 1.89 bits per heavy atom. The first-order valence-electron chi connectivity index (χ1n) is 7.05. The van der Waals surface area contributed by atoms with Crippen LogP contribution in [0.3, 0.4) is 0 Å². The Morgan fingerprint density at radius 3 is 2.50 bits per heavy atom. The number of hydrogen-bond acceptors (Lipinski definition) is 1. The quantitative estimate of drug-likeness (QED) is 0.761. The summed E-state index contributed by atoms with van der Waals surface area (Å²) in [4.78, 5) is 0.515. The van der Waals surface area contributed by atoms with Gasteiger partial charge in [0, 0.05) is 7.11 Å². The first-order chi connectivity index (χ1) is 8.80. The van der Waals surface area contributed by atoms with Crippen molar-refractivity contribution in [2.45, 2.75) is 16.8 Å². The SMILES string of the molecule is CO[C@]1(c2ccccc2)C2C3CC4C(C42)C3[C@@H]1Br. The lowest BCUT2D eigenvalue weighted by Crippen LogP contribution is -2.44. The minimum Gasteiger partial charge on any atom is -0.372 e. The van der Waals surface area contributed by atoms with Gasteiger partial charge in [-0.1, -0.05) is 46.3 Å². The molecule has 94 valence electrons. The summed E-state index contributed by atoms with van der Waals surface area (Å²) in [5.41, 5.74) is 1.33. The van der Waals surface area contributed by atoms with Crippen LogP contribution in [0.25, 0.3) is 0 Å². The second-order valence-corrected chi connectivity index (χ2v) is 7.57. The molecule has 5 saturated carbocycles. The highest BCUT2D eigenvalue weighted by molar-refractivity contribution is 9.09. The van der Waals surface area contributed by atoms with Gasteiger partial charge in [-0.05, 0) is 47.5 Å². The number of alkyl halides is 1. The Labute approximate surface area is 116 Å². The van der Waals surface area contributed by atoms with Gasteiger partial charge in [-0.25, -0.2) is 0 Å². The molecule has 5 aliphatic rings. The number of rotatable bonds is 2. The van der Waals surface area contributed by atoms with E-state index in [0.717, 1.165) is 35.5 Å². The van der Waals surface area contributed by atoms with Gasteiger partial charge in [0.05, 0.1) is 4.83 Å². The van der Waals surface area contributed by atoms with Crippen LogP contribution in [-0.4, -0.2) is 11.9 Å².